The molecule has 1 aromatic heterocycles. The third-order valence-corrected chi connectivity index (χ3v) is 1.67. The highest BCUT2D eigenvalue weighted by Gasteiger charge is 1.95. The number of nitrogens with zero attached hydrogens (tertiary/aromatic N) is 2. The van der Waals surface area contributed by atoms with Crippen LogP contribution in [0.1, 0.15) is 12.6 Å². The molecule has 1 rings (SSSR count). The smallest absolute Gasteiger partial charge is 0.222 e. The van der Waals surface area contributed by atoms with Gasteiger partial charge in [0.05, 0.1) is 0 Å². The van der Waals surface area contributed by atoms with Gasteiger partial charge in [0.25, 0.3) is 0 Å². The molecule has 0 fully saturated rings. The monoisotopic (exact) mass is 185 g/mol. The quantitative estimate of drug-likeness (QED) is 0.568. The summed E-state index contributed by atoms with van der Waals surface area (Å²) in [6.45, 7) is 4.00. The van der Waals surface area contributed by atoms with Crippen molar-refractivity contribution in [2.45, 2.75) is 13.3 Å². The number of rotatable bonds is 4. The van der Waals surface area contributed by atoms with Crippen LogP contribution in [-0.2, 0) is 6.42 Å². The molecule has 0 atom stereocenters. The van der Waals surface area contributed by atoms with Crippen LogP contribution in [0.2, 0.25) is 5.28 Å². The third-order valence-electron chi connectivity index (χ3n) is 1.49. The Morgan fingerprint density at radius 2 is 2.42 bits per heavy atom. The fraction of sp³-hybridized carbons (Fsp3) is 0.500. The number of hydrogen-bond donors (Lipinski definition) is 1. The average molecular weight is 186 g/mol. The molecule has 1 aromatic rings. The number of hydrogen-bond acceptors (Lipinski definition) is 3. The van der Waals surface area contributed by atoms with Crippen LogP contribution in [0.4, 0.5) is 0 Å². The van der Waals surface area contributed by atoms with Crippen LogP contribution < -0.4 is 5.32 Å². The lowest BCUT2D eigenvalue weighted by molar-refractivity contribution is 0.707. The highest BCUT2D eigenvalue weighted by Crippen LogP contribution is 2.00. The van der Waals surface area contributed by atoms with Crippen molar-refractivity contribution in [2.75, 3.05) is 13.1 Å². The molecule has 0 saturated carbocycles. The summed E-state index contributed by atoms with van der Waals surface area (Å²) in [5.41, 5.74) is 0.982. The standard InChI is InChI=1S/C8H12ClN3/c1-2-10-5-3-7-4-6-11-8(9)12-7/h4,6,10H,2-3,5H2,1H3. The lowest BCUT2D eigenvalue weighted by Gasteiger charge is -2.00. The maximum absolute atomic E-state index is 5.62. The number of aromatic nitrogens is 2. The van der Waals surface area contributed by atoms with E-state index in [0.29, 0.717) is 5.28 Å². The van der Waals surface area contributed by atoms with Gasteiger partial charge in [-0.2, -0.15) is 0 Å². The van der Waals surface area contributed by atoms with Gasteiger partial charge in [0.2, 0.25) is 5.28 Å². The molecule has 0 radical (unpaired) electrons. The van der Waals surface area contributed by atoms with Crippen LogP contribution >= 0.6 is 11.6 Å². The Kier molecular flexibility index (Phi) is 3.97. The minimum atomic E-state index is 0.323. The molecule has 0 unspecified atom stereocenters. The van der Waals surface area contributed by atoms with E-state index in [9.17, 15) is 0 Å². The van der Waals surface area contributed by atoms with Gasteiger partial charge < -0.3 is 5.32 Å². The minimum Gasteiger partial charge on any atom is -0.317 e. The first-order valence-electron chi connectivity index (χ1n) is 4.01. The highest BCUT2D eigenvalue weighted by molar-refractivity contribution is 6.28. The van der Waals surface area contributed by atoms with E-state index >= 15 is 0 Å². The second-order valence-corrected chi connectivity index (χ2v) is 2.76. The van der Waals surface area contributed by atoms with E-state index in [2.05, 4.69) is 22.2 Å². The fourth-order valence-corrected chi connectivity index (χ4v) is 1.07. The normalized spacial score (nSPS) is 10.2. The molecule has 0 saturated heterocycles. The van der Waals surface area contributed by atoms with Crippen LogP contribution in [0, 0.1) is 0 Å². The molecular formula is C8H12ClN3. The van der Waals surface area contributed by atoms with Crippen LogP contribution in [0.15, 0.2) is 12.3 Å². The maximum Gasteiger partial charge on any atom is 0.222 e. The zero-order chi connectivity index (χ0) is 8.81. The number of likely N-dealkylation sites (N-methyl/N-ethyl adjacent to an activating group) is 1. The van der Waals surface area contributed by atoms with Gasteiger partial charge in [-0.3, -0.25) is 0 Å². The number of halogens is 1. The molecule has 0 amide bonds. The van der Waals surface area contributed by atoms with Crippen molar-refractivity contribution in [3.63, 3.8) is 0 Å². The van der Waals surface area contributed by atoms with Crippen molar-refractivity contribution in [3.05, 3.63) is 23.2 Å². The summed E-state index contributed by atoms with van der Waals surface area (Å²) < 4.78 is 0. The van der Waals surface area contributed by atoms with Crippen LogP contribution in [-0.4, -0.2) is 23.1 Å². The Hall–Kier alpha value is -0.670. The second-order valence-electron chi connectivity index (χ2n) is 2.42. The maximum atomic E-state index is 5.62. The molecule has 0 aromatic carbocycles. The summed E-state index contributed by atoms with van der Waals surface area (Å²) in [7, 11) is 0. The molecule has 0 aliphatic carbocycles. The average Bonchev–Trinajstić information content (AvgIpc) is 2.05. The molecule has 12 heavy (non-hydrogen) atoms. The molecule has 0 spiro atoms. The molecule has 0 bridgehead atoms. The summed E-state index contributed by atoms with van der Waals surface area (Å²) in [6, 6.07) is 1.88. The van der Waals surface area contributed by atoms with Crippen molar-refractivity contribution >= 4 is 11.6 Å². The summed E-state index contributed by atoms with van der Waals surface area (Å²) >= 11 is 5.62. The molecule has 66 valence electrons. The van der Waals surface area contributed by atoms with Gasteiger partial charge in [-0.1, -0.05) is 6.92 Å². The Morgan fingerprint density at radius 1 is 1.58 bits per heavy atom. The summed E-state index contributed by atoms with van der Waals surface area (Å²) in [5, 5.41) is 3.54. The molecule has 0 aliphatic rings. The predicted molar refractivity (Wildman–Crippen MR) is 49.3 cm³/mol. The molecule has 4 heteroatoms. The van der Waals surface area contributed by atoms with Gasteiger partial charge >= 0.3 is 0 Å². The van der Waals surface area contributed by atoms with Crippen molar-refractivity contribution in [1.82, 2.24) is 15.3 Å². The van der Waals surface area contributed by atoms with Crippen molar-refractivity contribution in [2.24, 2.45) is 0 Å². The van der Waals surface area contributed by atoms with E-state index in [1.54, 1.807) is 6.20 Å². The van der Waals surface area contributed by atoms with E-state index in [1.807, 2.05) is 6.07 Å². The Morgan fingerprint density at radius 3 is 3.08 bits per heavy atom. The van der Waals surface area contributed by atoms with Crippen LogP contribution in [0.3, 0.4) is 0 Å². The zero-order valence-electron chi connectivity index (χ0n) is 7.05. The van der Waals surface area contributed by atoms with E-state index in [4.69, 9.17) is 11.6 Å². The summed E-state index contributed by atoms with van der Waals surface area (Å²) in [6.07, 6.45) is 2.58. The van der Waals surface area contributed by atoms with E-state index in [0.717, 1.165) is 25.2 Å². The Balaban J connectivity index is 2.41. The van der Waals surface area contributed by atoms with Crippen molar-refractivity contribution in [1.29, 1.82) is 0 Å². The molecule has 1 N–H and O–H groups in total. The first kappa shape index (κ1) is 9.42. The molecule has 1 heterocycles. The fourth-order valence-electron chi connectivity index (χ4n) is 0.902. The van der Waals surface area contributed by atoms with Crippen molar-refractivity contribution < 1.29 is 0 Å². The largest absolute Gasteiger partial charge is 0.317 e. The second kappa shape index (κ2) is 5.06. The molecule has 3 nitrogen and oxygen atoms in total. The first-order valence-corrected chi connectivity index (χ1v) is 4.39. The molecular weight excluding hydrogens is 174 g/mol. The Bertz CT molecular complexity index is 239. The van der Waals surface area contributed by atoms with Gasteiger partial charge in [-0.15, -0.1) is 0 Å². The first-order chi connectivity index (χ1) is 5.83. The number of nitrogens with one attached hydrogen (secondary N) is 1. The van der Waals surface area contributed by atoms with E-state index in [1.165, 1.54) is 0 Å². The lowest BCUT2D eigenvalue weighted by Crippen LogP contribution is -2.16. The summed E-state index contributed by atoms with van der Waals surface area (Å²) in [5.74, 6) is 0. The van der Waals surface area contributed by atoms with Crippen LogP contribution in [0.5, 0.6) is 0 Å². The van der Waals surface area contributed by atoms with E-state index < -0.39 is 0 Å². The highest BCUT2D eigenvalue weighted by atomic mass is 35.5. The minimum absolute atomic E-state index is 0.323. The van der Waals surface area contributed by atoms with Gasteiger partial charge in [0.1, 0.15) is 0 Å². The van der Waals surface area contributed by atoms with E-state index in [-0.39, 0.29) is 0 Å². The van der Waals surface area contributed by atoms with Crippen LogP contribution in [0.25, 0.3) is 0 Å². The molecule has 0 aliphatic heterocycles. The zero-order valence-corrected chi connectivity index (χ0v) is 7.80. The van der Waals surface area contributed by atoms with Gasteiger partial charge in [0.15, 0.2) is 0 Å². The third kappa shape index (κ3) is 3.15. The van der Waals surface area contributed by atoms with Gasteiger partial charge in [0, 0.05) is 24.9 Å². The van der Waals surface area contributed by atoms with Gasteiger partial charge in [-0.05, 0) is 24.2 Å². The topological polar surface area (TPSA) is 37.8 Å². The van der Waals surface area contributed by atoms with Crippen molar-refractivity contribution in [3.8, 4) is 0 Å². The predicted octanol–water partition coefficient (Wildman–Crippen LogP) is 1.28. The lowest BCUT2D eigenvalue weighted by atomic mass is 10.3. The Labute approximate surface area is 77.2 Å². The SMILES string of the molecule is CCNCCc1ccnc(Cl)n1. The summed E-state index contributed by atoms with van der Waals surface area (Å²) in [4.78, 5) is 7.86. The van der Waals surface area contributed by atoms with Gasteiger partial charge in [-0.25, -0.2) is 9.97 Å².